The molecular weight excluding hydrogens is 356 g/mol. The van der Waals surface area contributed by atoms with E-state index in [0.717, 1.165) is 43.7 Å². The summed E-state index contributed by atoms with van der Waals surface area (Å²) in [6, 6.07) is 6.78. The van der Waals surface area contributed by atoms with Crippen molar-refractivity contribution in [2.45, 2.75) is 25.4 Å². The molecule has 0 bridgehead atoms. The van der Waals surface area contributed by atoms with Gasteiger partial charge in [0.1, 0.15) is 11.6 Å². The first-order valence-corrected chi connectivity index (χ1v) is 9.12. The highest BCUT2D eigenvalue weighted by Gasteiger charge is 2.19. The highest BCUT2D eigenvalue weighted by molar-refractivity contribution is 6.04. The van der Waals surface area contributed by atoms with E-state index in [0.29, 0.717) is 17.1 Å². The highest BCUT2D eigenvalue weighted by Crippen LogP contribution is 2.24. The molecule has 9 nitrogen and oxygen atoms in total. The van der Waals surface area contributed by atoms with E-state index in [9.17, 15) is 5.11 Å². The molecular formula is C19H26N8O. The molecule has 1 aromatic carbocycles. The minimum Gasteiger partial charge on any atom is -0.508 e. The third-order valence-corrected chi connectivity index (χ3v) is 4.73. The summed E-state index contributed by atoms with van der Waals surface area (Å²) < 4.78 is 0. The molecule has 0 unspecified atom stereocenters. The number of nitrogens with two attached hydrogens (primary N) is 3. The van der Waals surface area contributed by atoms with Gasteiger partial charge < -0.3 is 27.3 Å². The molecule has 2 aromatic rings. The van der Waals surface area contributed by atoms with Gasteiger partial charge in [0, 0.05) is 30.4 Å². The van der Waals surface area contributed by atoms with Crippen LogP contribution >= 0.6 is 0 Å². The van der Waals surface area contributed by atoms with Crippen molar-refractivity contribution in [1.29, 1.82) is 5.41 Å². The number of aromatic hydroxyl groups is 1. The fourth-order valence-electron chi connectivity index (χ4n) is 3.25. The van der Waals surface area contributed by atoms with Crippen LogP contribution in [0, 0.1) is 5.41 Å². The quantitative estimate of drug-likeness (QED) is 0.334. The van der Waals surface area contributed by atoms with Crippen LogP contribution in [0.15, 0.2) is 40.4 Å². The van der Waals surface area contributed by atoms with Crippen LogP contribution in [0.25, 0.3) is 0 Å². The Morgan fingerprint density at radius 2 is 2.07 bits per heavy atom. The van der Waals surface area contributed by atoms with E-state index < -0.39 is 0 Å². The number of rotatable bonds is 5. The van der Waals surface area contributed by atoms with E-state index in [1.165, 1.54) is 18.5 Å². The number of phenolic OH excluding ortho intramolecular Hbond substituents is 1. The Morgan fingerprint density at radius 3 is 2.75 bits per heavy atom. The van der Waals surface area contributed by atoms with Crippen LogP contribution in [0.5, 0.6) is 5.75 Å². The summed E-state index contributed by atoms with van der Waals surface area (Å²) in [5.74, 6) is 0.204. The van der Waals surface area contributed by atoms with Crippen LogP contribution in [-0.4, -0.2) is 52.1 Å². The third-order valence-electron chi connectivity index (χ3n) is 4.73. The van der Waals surface area contributed by atoms with Gasteiger partial charge in [-0.1, -0.05) is 0 Å². The first-order valence-electron chi connectivity index (χ1n) is 9.12. The molecule has 9 heteroatoms. The van der Waals surface area contributed by atoms with Crippen molar-refractivity contribution in [3.8, 4) is 5.75 Å². The average molecular weight is 382 g/mol. The van der Waals surface area contributed by atoms with E-state index in [4.69, 9.17) is 22.6 Å². The summed E-state index contributed by atoms with van der Waals surface area (Å²) in [5, 5.41) is 17.5. The van der Waals surface area contributed by atoms with Gasteiger partial charge in [0.25, 0.3) is 0 Å². The lowest BCUT2D eigenvalue weighted by atomic mass is 10.1. The Bertz CT molecular complexity index is 893. The molecule has 0 aliphatic carbocycles. The molecule has 0 radical (unpaired) electrons. The number of benzene rings is 1. The van der Waals surface area contributed by atoms with Gasteiger partial charge in [-0.3, -0.25) is 10.3 Å². The molecule has 0 spiro atoms. The molecule has 0 atom stereocenters. The first kappa shape index (κ1) is 19.6. The lowest BCUT2D eigenvalue weighted by molar-refractivity contribution is 0.205. The molecule has 148 valence electrons. The molecule has 2 heterocycles. The molecule has 1 fully saturated rings. The van der Waals surface area contributed by atoms with E-state index in [-0.39, 0.29) is 17.6 Å². The lowest BCUT2D eigenvalue weighted by Gasteiger charge is -2.30. The topological polar surface area (TPSA) is 166 Å². The summed E-state index contributed by atoms with van der Waals surface area (Å²) in [6.45, 7) is 2.66. The normalized spacial score (nSPS) is 16.7. The minimum absolute atomic E-state index is 0.0288. The van der Waals surface area contributed by atoms with Gasteiger partial charge in [-0.25, -0.2) is 9.98 Å². The summed E-state index contributed by atoms with van der Waals surface area (Å²) >= 11 is 0. The number of amidine groups is 2. The van der Waals surface area contributed by atoms with Gasteiger partial charge in [-0.15, -0.1) is 0 Å². The molecule has 1 aliphatic heterocycles. The van der Waals surface area contributed by atoms with Crippen molar-refractivity contribution in [3.63, 3.8) is 0 Å². The van der Waals surface area contributed by atoms with Gasteiger partial charge in [-0.05, 0) is 49.7 Å². The molecule has 0 amide bonds. The second-order valence-corrected chi connectivity index (χ2v) is 6.86. The first-order chi connectivity index (χ1) is 13.5. The van der Waals surface area contributed by atoms with Crippen molar-refractivity contribution < 1.29 is 5.11 Å². The number of nitrogen functional groups attached to an aromatic ring is 1. The number of aromatic nitrogens is 1. The monoisotopic (exact) mass is 382 g/mol. The molecule has 28 heavy (non-hydrogen) atoms. The standard InChI is InChI=1S/C19H26N8O/c20-11-25-19(26-15-7-13(18(22)23)8-16(28)9-15)17-12(1-4-24-17)10-27-5-2-14(21)3-6-27/h1,4,7-9,11,14,24,28H,2-3,5-6,10,21H2,(H3,22,23)(H2,20,25,26). The molecule has 1 aliphatic rings. The Hall–Kier alpha value is -3.17. The Labute approximate surface area is 163 Å². The van der Waals surface area contributed by atoms with Crippen LogP contribution < -0.4 is 17.2 Å². The number of H-pyrrole nitrogens is 1. The van der Waals surface area contributed by atoms with Gasteiger partial charge in [0.15, 0.2) is 5.84 Å². The van der Waals surface area contributed by atoms with Gasteiger partial charge in [0.2, 0.25) is 0 Å². The van der Waals surface area contributed by atoms with Crippen molar-refractivity contribution in [2.75, 3.05) is 13.1 Å². The Morgan fingerprint density at radius 1 is 1.32 bits per heavy atom. The number of likely N-dealkylation sites (tertiary alicyclic amines) is 1. The minimum atomic E-state index is -0.153. The van der Waals surface area contributed by atoms with Crippen molar-refractivity contribution in [2.24, 2.45) is 27.2 Å². The van der Waals surface area contributed by atoms with Crippen LogP contribution in [-0.2, 0) is 6.54 Å². The molecule has 9 N–H and O–H groups in total. The number of nitrogens with one attached hydrogen (secondary N) is 2. The molecule has 3 rings (SSSR count). The number of nitrogens with zero attached hydrogens (tertiary/aromatic N) is 3. The number of phenols is 1. The Balaban J connectivity index is 1.90. The van der Waals surface area contributed by atoms with E-state index >= 15 is 0 Å². The fraction of sp³-hybridized carbons (Fsp3) is 0.316. The predicted molar refractivity (Wildman–Crippen MR) is 111 cm³/mol. The Kier molecular flexibility index (Phi) is 6.07. The molecule has 0 saturated carbocycles. The van der Waals surface area contributed by atoms with Gasteiger partial charge >= 0.3 is 0 Å². The predicted octanol–water partition coefficient (Wildman–Crippen LogP) is 0.993. The largest absolute Gasteiger partial charge is 0.508 e. The fourth-order valence-corrected chi connectivity index (χ4v) is 3.25. The van der Waals surface area contributed by atoms with Crippen molar-refractivity contribution in [1.82, 2.24) is 9.88 Å². The second-order valence-electron chi connectivity index (χ2n) is 6.86. The van der Waals surface area contributed by atoms with Gasteiger partial charge in [-0.2, -0.15) is 0 Å². The number of aromatic amines is 1. The summed E-state index contributed by atoms with van der Waals surface area (Å²) in [7, 11) is 0. The van der Waals surface area contributed by atoms with E-state index in [1.54, 1.807) is 6.07 Å². The van der Waals surface area contributed by atoms with E-state index in [1.807, 2.05) is 12.3 Å². The maximum atomic E-state index is 9.90. The maximum Gasteiger partial charge on any atom is 0.178 e. The average Bonchev–Trinajstić information content (AvgIpc) is 3.11. The SMILES string of the molecule is N=C(N)c1cc(O)cc(N=C(N=CN)c2[nH]ccc2CN2CCC(N)CC2)c1. The number of hydrogen-bond acceptors (Lipinski definition) is 5. The summed E-state index contributed by atoms with van der Waals surface area (Å²) in [4.78, 5) is 14.2. The van der Waals surface area contributed by atoms with Gasteiger partial charge in [0.05, 0.1) is 17.7 Å². The lowest BCUT2D eigenvalue weighted by Crippen LogP contribution is -2.39. The maximum absolute atomic E-state index is 9.90. The third kappa shape index (κ3) is 4.76. The van der Waals surface area contributed by atoms with Crippen molar-refractivity contribution >= 4 is 23.7 Å². The number of aliphatic imine (C=N–C) groups is 2. The smallest absolute Gasteiger partial charge is 0.178 e. The zero-order valence-corrected chi connectivity index (χ0v) is 15.6. The number of hydrogen-bond donors (Lipinski definition) is 6. The van der Waals surface area contributed by atoms with Crippen LogP contribution in [0.2, 0.25) is 0 Å². The van der Waals surface area contributed by atoms with Crippen LogP contribution in [0.4, 0.5) is 5.69 Å². The summed E-state index contributed by atoms with van der Waals surface area (Å²) in [6.07, 6.45) is 4.99. The zero-order chi connectivity index (χ0) is 20.1. The second kappa shape index (κ2) is 8.68. The molecule has 1 aromatic heterocycles. The van der Waals surface area contributed by atoms with Crippen LogP contribution in [0.3, 0.4) is 0 Å². The molecule has 1 saturated heterocycles. The highest BCUT2D eigenvalue weighted by atomic mass is 16.3. The van der Waals surface area contributed by atoms with E-state index in [2.05, 4.69) is 19.9 Å². The van der Waals surface area contributed by atoms with Crippen LogP contribution in [0.1, 0.15) is 29.7 Å². The zero-order valence-electron chi connectivity index (χ0n) is 15.6. The summed E-state index contributed by atoms with van der Waals surface area (Å²) in [5.41, 5.74) is 19.7. The van der Waals surface area contributed by atoms with Crippen molar-refractivity contribution in [3.05, 3.63) is 47.3 Å². The number of piperidine rings is 1.